The molecule has 1 aromatic carbocycles. The van der Waals surface area contributed by atoms with E-state index in [4.69, 9.17) is 16.7 Å². The van der Waals surface area contributed by atoms with Crippen molar-refractivity contribution in [3.8, 4) is 0 Å². The molecule has 2 aromatic rings. The average Bonchev–Trinajstić information content (AvgIpc) is 2.90. The van der Waals surface area contributed by atoms with Gasteiger partial charge < -0.3 is 15.4 Å². The third-order valence-electron chi connectivity index (χ3n) is 2.67. The number of imidazole rings is 1. The van der Waals surface area contributed by atoms with Crippen LogP contribution in [0.25, 0.3) is 0 Å². The Kier molecular flexibility index (Phi) is 4.37. The van der Waals surface area contributed by atoms with Gasteiger partial charge in [0.1, 0.15) is 6.04 Å². The second-order valence-electron chi connectivity index (χ2n) is 4.16. The van der Waals surface area contributed by atoms with E-state index in [1.165, 1.54) is 18.6 Å². The van der Waals surface area contributed by atoms with E-state index in [0.29, 0.717) is 16.3 Å². The van der Waals surface area contributed by atoms with Crippen molar-refractivity contribution in [2.75, 3.05) is 0 Å². The quantitative estimate of drug-likeness (QED) is 0.778. The average molecular weight is 294 g/mol. The highest BCUT2D eigenvalue weighted by molar-refractivity contribution is 6.30. The molecule has 20 heavy (non-hydrogen) atoms. The maximum Gasteiger partial charge on any atom is 0.326 e. The monoisotopic (exact) mass is 293 g/mol. The molecule has 3 N–H and O–H groups in total. The molecule has 7 heteroatoms. The number of halogens is 1. The lowest BCUT2D eigenvalue weighted by molar-refractivity contribution is -0.139. The second kappa shape index (κ2) is 6.21. The fourth-order valence-corrected chi connectivity index (χ4v) is 1.88. The molecule has 6 nitrogen and oxygen atoms in total. The maximum absolute atomic E-state index is 12.0. The fourth-order valence-electron chi connectivity index (χ4n) is 1.69. The van der Waals surface area contributed by atoms with E-state index in [1.807, 2.05) is 0 Å². The summed E-state index contributed by atoms with van der Waals surface area (Å²) in [7, 11) is 0. The molecule has 0 radical (unpaired) electrons. The first-order valence-electron chi connectivity index (χ1n) is 5.83. The van der Waals surface area contributed by atoms with E-state index in [2.05, 4.69) is 15.3 Å². The number of carboxylic acids is 1. The highest BCUT2D eigenvalue weighted by Gasteiger charge is 2.21. The first-order valence-corrected chi connectivity index (χ1v) is 6.20. The lowest BCUT2D eigenvalue weighted by Gasteiger charge is -2.13. The molecule has 104 valence electrons. The summed E-state index contributed by atoms with van der Waals surface area (Å²) in [5.74, 6) is -1.60. The summed E-state index contributed by atoms with van der Waals surface area (Å²) in [6.45, 7) is 0. The topological polar surface area (TPSA) is 95.1 Å². The lowest BCUT2D eigenvalue weighted by Crippen LogP contribution is -2.42. The van der Waals surface area contributed by atoms with Crippen LogP contribution in [-0.4, -0.2) is 33.0 Å². The number of rotatable bonds is 5. The Morgan fingerprint density at radius 3 is 2.85 bits per heavy atom. The number of carboxylic acid groups (broad SMARTS) is 1. The number of aromatic amines is 1. The number of H-pyrrole nitrogens is 1. The van der Waals surface area contributed by atoms with Gasteiger partial charge in [0.05, 0.1) is 6.33 Å². The van der Waals surface area contributed by atoms with E-state index in [-0.39, 0.29) is 6.42 Å². The van der Waals surface area contributed by atoms with Crippen molar-refractivity contribution in [1.82, 2.24) is 15.3 Å². The van der Waals surface area contributed by atoms with Crippen LogP contribution in [0.15, 0.2) is 36.8 Å². The smallest absolute Gasteiger partial charge is 0.326 e. The zero-order valence-corrected chi connectivity index (χ0v) is 11.1. The minimum absolute atomic E-state index is 0.127. The number of hydrogen-bond donors (Lipinski definition) is 3. The van der Waals surface area contributed by atoms with Crippen LogP contribution < -0.4 is 5.32 Å². The van der Waals surface area contributed by atoms with Gasteiger partial charge in [-0.1, -0.05) is 17.7 Å². The van der Waals surface area contributed by atoms with Gasteiger partial charge in [0, 0.05) is 28.9 Å². The van der Waals surface area contributed by atoms with Gasteiger partial charge >= 0.3 is 5.97 Å². The van der Waals surface area contributed by atoms with Crippen molar-refractivity contribution in [2.24, 2.45) is 0 Å². The largest absolute Gasteiger partial charge is 0.480 e. The number of hydrogen-bond acceptors (Lipinski definition) is 3. The first-order chi connectivity index (χ1) is 9.56. The van der Waals surface area contributed by atoms with Crippen LogP contribution in [0.5, 0.6) is 0 Å². The van der Waals surface area contributed by atoms with Crippen LogP contribution in [0.3, 0.4) is 0 Å². The molecule has 2 rings (SSSR count). The molecule has 0 aliphatic carbocycles. The molecular weight excluding hydrogens is 282 g/mol. The van der Waals surface area contributed by atoms with Crippen molar-refractivity contribution in [3.63, 3.8) is 0 Å². The van der Waals surface area contributed by atoms with Crippen LogP contribution in [0.2, 0.25) is 5.02 Å². The predicted octanol–water partition coefficient (Wildman–Crippen LogP) is 1.49. The van der Waals surface area contributed by atoms with E-state index in [9.17, 15) is 9.59 Å². The van der Waals surface area contributed by atoms with Crippen LogP contribution >= 0.6 is 11.6 Å². The highest BCUT2D eigenvalue weighted by atomic mass is 35.5. The van der Waals surface area contributed by atoms with Gasteiger partial charge in [0.15, 0.2) is 0 Å². The van der Waals surface area contributed by atoms with Gasteiger partial charge in [-0.15, -0.1) is 0 Å². The summed E-state index contributed by atoms with van der Waals surface area (Å²) >= 11 is 5.79. The van der Waals surface area contributed by atoms with Gasteiger partial charge in [-0.2, -0.15) is 0 Å². The Bertz CT molecular complexity index is 613. The molecule has 1 amide bonds. The van der Waals surface area contributed by atoms with Crippen molar-refractivity contribution >= 4 is 23.5 Å². The molecule has 0 saturated carbocycles. The third kappa shape index (κ3) is 3.58. The maximum atomic E-state index is 12.0. The second-order valence-corrected chi connectivity index (χ2v) is 4.59. The summed E-state index contributed by atoms with van der Waals surface area (Å²) in [5, 5.41) is 12.0. The zero-order valence-electron chi connectivity index (χ0n) is 10.3. The number of amides is 1. The van der Waals surface area contributed by atoms with Crippen molar-refractivity contribution in [2.45, 2.75) is 12.5 Å². The molecule has 1 heterocycles. The fraction of sp³-hybridized carbons (Fsp3) is 0.154. The van der Waals surface area contributed by atoms with Crippen LogP contribution in [0.4, 0.5) is 0 Å². The number of benzene rings is 1. The minimum atomic E-state index is -1.12. The van der Waals surface area contributed by atoms with Crippen LogP contribution in [0, 0.1) is 0 Å². The van der Waals surface area contributed by atoms with Gasteiger partial charge in [-0.25, -0.2) is 9.78 Å². The van der Waals surface area contributed by atoms with E-state index < -0.39 is 17.9 Å². The summed E-state index contributed by atoms with van der Waals surface area (Å²) in [4.78, 5) is 29.8. The molecule has 0 aliphatic heterocycles. The van der Waals surface area contributed by atoms with Gasteiger partial charge in [0.2, 0.25) is 0 Å². The number of carbonyl (C=O) groups excluding carboxylic acids is 1. The Balaban J connectivity index is 2.08. The molecule has 0 spiro atoms. The summed E-state index contributed by atoms with van der Waals surface area (Å²) in [6.07, 6.45) is 3.09. The van der Waals surface area contributed by atoms with Crippen molar-refractivity contribution in [3.05, 3.63) is 53.1 Å². The van der Waals surface area contributed by atoms with Crippen molar-refractivity contribution in [1.29, 1.82) is 0 Å². The normalized spacial score (nSPS) is 11.8. The van der Waals surface area contributed by atoms with E-state index >= 15 is 0 Å². The van der Waals surface area contributed by atoms with E-state index in [0.717, 1.165) is 0 Å². The Morgan fingerprint density at radius 1 is 1.45 bits per heavy atom. The summed E-state index contributed by atoms with van der Waals surface area (Å²) in [5.41, 5.74) is 0.942. The molecular formula is C13H12ClN3O3. The van der Waals surface area contributed by atoms with Crippen LogP contribution in [0.1, 0.15) is 16.1 Å². The van der Waals surface area contributed by atoms with Gasteiger partial charge in [-0.05, 0) is 18.2 Å². The number of nitrogens with zero attached hydrogens (tertiary/aromatic N) is 1. The number of nitrogens with one attached hydrogen (secondary N) is 2. The molecule has 0 fully saturated rings. The standard InChI is InChI=1S/C13H12ClN3O3/c14-9-3-1-2-8(4-9)12(18)17-11(13(19)20)5-10-6-15-7-16-10/h1-4,6-7,11H,5H2,(H,15,16)(H,17,18)(H,19,20). The molecule has 0 saturated heterocycles. The molecule has 1 aromatic heterocycles. The Labute approximate surface area is 119 Å². The zero-order chi connectivity index (χ0) is 14.5. The van der Waals surface area contributed by atoms with Gasteiger partial charge in [0.25, 0.3) is 5.91 Å². The number of aliphatic carboxylic acids is 1. The summed E-state index contributed by atoms with van der Waals surface area (Å²) < 4.78 is 0. The third-order valence-corrected chi connectivity index (χ3v) is 2.90. The number of carbonyl (C=O) groups is 2. The highest BCUT2D eigenvalue weighted by Crippen LogP contribution is 2.11. The first kappa shape index (κ1) is 14.1. The molecule has 1 unspecified atom stereocenters. The Hall–Kier alpha value is -2.34. The lowest BCUT2D eigenvalue weighted by atomic mass is 10.1. The minimum Gasteiger partial charge on any atom is -0.480 e. The predicted molar refractivity (Wildman–Crippen MR) is 72.6 cm³/mol. The molecule has 0 bridgehead atoms. The molecule has 0 aliphatic rings. The SMILES string of the molecule is O=C(NC(Cc1cnc[nH]1)C(=O)O)c1cccc(Cl)c1. The van der Waals surface area contributed by atoms with E-state index in [1.54, 1.807) is 18.2 Å². The Morgan fingerprint density at radius 2 is 2.25 bits per heavy atom. The van der Waals surface area contributed by atoms with Crippen molar-refractivity contribution < 1.29 is 14.7 Å². The molecule has 1 atom stereocenters. The summed E-state index contributed by atoms with van der Waals surface area (Å²) in [6, 6.07) is 5.27. The number of aromatic nitrogens is 2. The van der Waals surface area contributed by atoms with Crippen LogP contribution in [-0.2, 0) is 11.2 Å². The van der Waals surface area contributed by atoms with Gasteiger partial charge in [-0.3, -0.25) is 4.79 Å².